The van der Waals surface area contributed by atoms with Gasteiger partial charge in [-0.05, 0) is 62.2 Å². The second-order valence-electron chi connectivity index (χ2n) is 8.49. The fourth-order valence-corrected chi connectivity index (χ4v) is 4.21. The Morgan fingerprint density at radius 3 is 2.08 bits per heavy atom. The number of benzene rings is 2. The number of likely N-dealkylation sites (tertiary alicyclic amines) is 1. The fourth-order valence-electron chi connectivity index (χ4n) is 4.21. The van der Waals surface area contributed by atoms with Crippen LogP contribution in [0.5, 0.6) is 23.0 Å². The van der Waals surface area contributed by atoms with E-state index in [1.54, 1.807) is 43.5 Å². The summed E-state index contributed by atoms with van der Waals surface area (Å²) in [6, 6.07) is 9.19. The minimum absolute atomic E-state index is 0.0121. The third kappa shape index (κ3) is 5.41. The summed E-state index contributed by atoms with van der Waals surface area (Å²) in [5, 5.41) is 11.3. The molecule has 0 aliphatic carbocycles. The second-order valence-corrected chi connectivity index (χ2v) is 8.49. The number of Topliss-reactive ketones (excluding diaryl/α,β-unsaturated/α-hetero) is 1. The number of carbonyl (C=O) groups excluding carboxylic acids is 2. The number of ether oxygens (including phenoxy) is 5. The minimum atomic E-state index is -0.873. The lowest BCUT2D eigenvalue weighted by atomic mass is 9.94. The molecule has 9 heteroatoms. The van der Waals surface area contributed by atoms with Crippen molar-refractivity contribution >= 4 is 17.4 Å². The largest absolute Gasteiger partial charge is 0.507 e. The van der Waals surface area contributed by atoms with E-state index in [2.05, 4.69) is 0 Å². The summed E-state index contributed by atoms with van der Waals surface area (Å²) in [6.45, 7) is 4.48. The van der Waals surface area contributed by atoms with Crippen LogP contribution < -0.4 is 18.9 Å². The summed E-state index contributed by atoms with van der Waals surface area (Å²) < 4.78 is 27.2. The van der Waals surface area contributed by atoms with Gasteiger partial charge in [0.1, 0.15) is 11.5 Å². The smallest absolute Gasteiger partial charge is 0.295 e. The molecule has 1 heterocycles. The van der Waals surface area contributed by atoms with E-state index < -0.39 is 17.7 Å². The second kappa shape index (κ2) is 11.8. The molecule has 3 rings (SSSR count). The molecule has 0 bridgehead atoms. The van der Waals surface area contributed by atoms with E-state index in [-0.39, 0.29) is 24.0 Å². The molecule has 36 heavy (non-hydrogen) atoms. The van der Waals surface area contributed by atoms with Gasteiger partial charge >= 0.3 is 0 Å². The molecule has 0 saturated carbocycles. The maximum atomic E-state index is 13.2. The molecular formula is C27H33NO8. The zero-order chi connectivity index (χ0) is 26.4. The van der Waals surface area contributed by atoms with Crippen LogP contribution in [0.2, 0.25) is 0 Å². The maximum Gasteiger partial charge on any atom is 0.295 e. The first kappa shape index (κ1) is 26.9. The molecule has 9 nitrogen and oxygen atoms in total. The number of aliphatic hydroxyl groups excluding tert-OH is 1. The van der Waals surface area contributed by atoms with Crippen LogP contribution in [0.15, 0.2) is 42.0 Å². The number of rotatable bonds is 11. The zero-order valence-electron chi connectivity index (χ0n) is 21.5. The van der Waals surface area contributed by atoms with Gasteiger partial charge in [-0.15, -0.1) is 0 Å². The van der Waals surface area contributed by atoms with Crippen LogP contribution in [-0.4, -0.2) is 69.4 Å². The van der Waals surface area contributed by atoms with Gasteiger partial charge in [-0.2, -0.15) is 0 Å². The summed E-state index contributed by atoms with van der Waals surface area (Å²) in [7, 11) is 6.02. The normalized spacial score (nSPS) is 17.0. The Balaban J connectivity index is 2.17. The van der Waals surface area contributed by atoms with Crippen molar-refractivity contribution in [3.05, 3.63) is 53.1 Å². The van der Waals surface area contributed by atoms with Crippen molar-refractivity contribution in [1.82, 2.24) is 4.90 Å². The third-order valence-corrected chi connectivity index (χ3v) is 5.79. The number of hydrogen-bond donors (Lipinski definition) is 1. The van der Waals surface area contributed by atoms with Gasteiger partial charge in [0.25, 0.3) is 11.7 Å². The quantitative estimate of drug-likeness (QED) is 0.215. The predicted molar refractivity (Wildman–Crippen MR) is 134 cm³/mol. The number of methoxy groups -OCH3 is 4. The first-order valence-electron chi connectivity index (χ1n) is 11.6. The van der Waals surface area contributed by atoms with Crippen molar-refractivity contribution in [3.63, 3.8) is 0 Å². The summed E-state index contributed by atoms with van der Waals surface area (Å²) in [4.78, 5) is 27.8. The van der Waals surface area contributed by atoms with E-state index >= 15 is 0 Å². The Bertz CT molecular complexity index is 1100. The van der Waals surface area contributed by atoms with Crippen LogP contribution in [0.1, 0.15) is 37.4 Å². The lowest BCUT2D eigenvalue weighted by molar-refractivity contribution is -0.140. The van der Waals surface area contributed by atoms with E-state index in [9.17, 15) is 14.7 Å². The van der Waals surface area contributed by atoms with Gasteiger partial charge in [-0.25, -0.2) is 0 Å². The predicted octanol–water partition coefficient (Wildman–Crippen LogP) is 3.96. The Kier molecular flexibility index (Phi) is 8.82. The van der Waals surface area contributed by atoms with E-state index in [0.29, 0.717) is 47.2 Å². The highest BCUT2D eigenvalue weighted by atomic mass is 16.5. The van der Waals surface area contributed by atoms with Crippen LogP contribution in [0.25, 0.3) is 5.76 Å². The molecule has 1 N–H and O–H groups in total. The van der Waals surface area contributed by atoms with Crippen molar-refractivity contribution in [3.8, 4) is 23.0 Å². The topological polar surface area (TPSA) is 104 Å². The summed E-state index contributed by atoms with van der Waals surface area (Å²) in [6.07, 6.45) is 0.494. The number of nitrogens with zero attached hydrogens (tertiary/aromatic N) is 1. The molecule has 0 radical (unpaired) electrons. The Labute approximate surface area is 211 Å². The van der Waals surface area contributed by atoms with Gasteiger partial charge in [-0.1, -0.05) is 0 Å². The Hall–Kier alpha value is -3.72. The fraction of sp³-hybridized carbons (Fsp3) is 0.407. The van der Waals surface area contributed by atoms with E-state index in [1.807, 2.05) is 13.8 Å². The van der Waals surface area contributed by atoms with Crippen LogP contribution in [-0.2, 0) is 14.3 Å². The average molecular weight is 500 g/mol. The number of ketones is 1. The molecule has 1 aliphatic heterocycles. The lowest BCUT2D eigenvalue weighted by Gasteiger charge is -2.26. The summed E-state index contributed by atoms with van der Waals surface area (Å²) >= 11 is 0. The highest BCUT2D eigenvalue weighted by molar-refractivity contribution is 6.46. The van der Waals surface area contributed by atoms with Gasteiger partial charge in [0.05, 0.1) is 39.0 Å². The van der Waals surface area contributed by atoms with Gasteiger partial charge in [-0.3, -0.25) is 9.59 Å². The molecular weight excluding hydrogens is 466 g/mol. The van der Waals surface area contributed by atoms with Crippen LogP contribution in [0.4, 0.5) is 0 Å². The summed E-state index contributed by atoms with van der Waals surface area (Å²) in [5.74, 6) is -0.0209. The number of aliphatic hydroxyl groups is 1. The monoisotopic (exact) mass is 499 g/mol. The van der Waals surface area contributed by atoms with Crippen LogP contribution in [0.3, 0.4) is 0 Å². The molecule has 2 aromatic rings. The van der Waals surface area contributed by atoms with E-state index in [4.69, 9.17) is 23.7 Å². The van der Waals surface area contributed by atoms with Gasteiger partial charge in [0.15, 0.2) is 11.5 Å². The first-order chi connectivity index (χ1) is 17.3. The Morgan fingerprint density at radius 1 is 0.972 bits per heavy atom. The van der Waals surface area contributed by atoms with Crippen LogP contribution in [0, 0.1) is 0 Å². The summed E-state index contributed by atoms with van der Waals surface area (Å²) in [5.41, 5.74) is 0.894. The minimum Gasteiger partial charge on any atom is -0.507 e. The van der Waals surface area contributed by atoms with Crippen molar-refractivity contribution in [2.24, 2.45) is 0 Å². The molecule has 194 valence electrons. The van der Waals surface area contributed by atoms with Crippen LogP contribution >= 0.6 is 0 Å². The van der Waals surface area contributed by atoms with E-state index in [1.165, 1.54) is 26.2 Å². The number of hydrogen-bond acceptors (Lipinski definition) is 8. The molecule has 0 spiro atoms. The molecule has 1 saturated heterocycles. The highest BCUT2D eigenvalue weighted by Crippen LogP contribution is 2.45. The average Bonchev–Trinajstić information content (AvgIpc) is 3.12. The lowest BCUT2D eigenvalue weighted by Crippen LogP contribution is -2.31. The standard InChI is InChI=1S/C27H33NO8/c1-16(2)36-19-10-8-17(9-11-19)24(29)22-23(28(12-7-13-32-3)27(31)25(22)30)18-14-20(33-4)26(35-6)21(15-18)34-5/h8-11,14-16,23,29H,7,12-13H2,1-6H3. The highest BCUT2D eigenvalue weighted by Gasteiger charge is 2.46. The molecule has 1 amide bonds. The third-order valence-electron chi connectivity index (χ3n) is 5.79. The first-order valence-corrected chi connectivity index (χ1v) is 11.6. The van der Waals surface area contributed by atoms with Crippen molar-refractivity contribution in [2.75, 3.05) is 41.6 Å². The molecule has 1 fully saturated rings. The molecule has 1 atom stereocenters. The Morgan fingerprint density at radius 2 is 1.58 bits per heavy atom. The maximum absolute atomic E-state index is 13.2. The van der Waals surface area contributed by atoms with Crippen molar-refractivity contribution < 1.29 is 38.4 Å². The number of amides is 1. The molecule has 0 aromatic heterocycles. The van der Waals surface area contributed by atoms with Gasteiger partial charge in [0.2, 0.25) is 5.75 Å². The zero-order valence-corrected chi connectivity index (χ0v) is 21.5. The number of carbonyl (C=O) groups is 2. The van der Waals surface area contributed by atoms with E-state index in [0.717, 1.165) is 0 Å². The van der Waals surface area contributed by atoms with Crippen molar-refractivity contribution in [2.45, 2.75) is 32.4 Å². The van der Waals surface area contributed by atoms with Gasteiger partial charge < -0.3 is 33.7 Å². The van der Waals surface area contributed by atoms with Gasteiger partial charge in [0, 0.05) is 25.8 Å². The molecule has 2 aromatic carbocycles. The molecule has 1 unspecified atom stereocenters. The van der Waals surface area contributed by atoms with Crippen molar-refractivity contribution in [1.29, 1.82) is 0 Å². The molecule has 1 aliphatic rings. The SMILES string of the molecule is COCCCN1C(=O)C(=O)C(=C(O)c2ccc(OC(C)C)cc2)C1c1cc(OC)c(OC)c(OC)c1.